The molecule has 2 heterocycles. The van der Waals surface area contributed by atoms with Gasteiger partial charge in [-0.1, -0.05) is 11.6 Å². The Morgan fingerprint density at radius 3 is 2.67 bits per heavy atom. The van der Waals surface area contributed by atoms with Crippen LogP contribution >= 0.6 is 24.0 Å². The average molecular weight is 374 g/mol. The van der Waals surface area contributed by atoms with Crippen molar-refractivity contribution in [3.8, 4) is 0 Å². The van der Waals surface area contributed by atoms with E-state index in [4.69, 9.17) is 16.3 Å². The van der Waals surface area contributed by atoms with Crippen LogP contribution in [0.2, 0.25) is 5.02 Å². The first kappa shape index (κ1) is 19.0. The maximum atomic E-state index is 12.5. The highest BCUT2D eigenvalue weighted by Crippen LogP contribution is 2.23. The minimum Gasteiger partial charge on any atom is -0.378 e. The van der Waals surface area contributed by atoms with Gasteiger partial charge in [-0.2, -0.15) is 0 Å². The van der Waals surface area contributed by atoms with Crippen molar-refractivity contribution in [2.45, 2.75) is 6.42 Å². The van der Waals surface area contributed by atoms with Crippen molar-refractivity contribution >= 4 is 41.5 Å². The van der Waals surface area contributed by atoms with Gasteiger partial charge in [0.05, 0.1) is 29.7 Å². The van der Waals surface area contributed by atoms with Crippen LogP contribution in [0.5, 0.6) is 0 Å². The molecule has 0 spiro atoms. The number of carbonyl (C=O) groups excluding carboxylic acids is 2. The van der Waals surface area contributed by atoms with Gasteiger partial charge in [-0.15, -0.1) is 12.4 Å². The Morgan fingerprint density at radius 1 is 1.29 bits per heavy atom. The molecular weight excluding hydrogens is 353 g/mol. The van der Waals surface area contributed by atoms with Gasteiger partial charge in [0.15, 0.2) is 0 Å². The summed E-state index contributed by atoms with van der Waals surface area (Å²) in [4.78, 5) is 26.3. The second-order valence-corrected chi connectivity index (χ2v) is 6.19. The number of ether oxygens (including phenoxy) is 1. The smallest absolute Gasteiger partial charge is 0.255 e. The number of amides is 2. The van der Waals surface area contributed by atoms with E-state index in [1.807, 2.05) is 0 Å². The fraction of sp³-hybridized carbons (Fsp3) is 0.500. The van der Waals surface area contributed by atoms with Crippen LogP contribution in [-0.2, 0) is 9.53 Å². The van der Waals surface area contributed by atoms with Gasteiger partial charge in [0.2, 0.25) is 5.91 Å². The molecule has 6 nitrogen and oxygen atoms in total. The number of nitrogens with one attached hydrogen (secondary N) is 2. The summed E-state index contributed by atoms with van der Waals surface area (Å²) >= 11 is 6.24. The molecule has 8 heteroatoms. The van der Waals surface area contributed by atoms with Crippen LogP contribution < -0.4 is 10.6 Å². The number of carbonyl (C=O) groups is 2. The molecule has 2 aliphatic heterocycles. The summed E-state index contributed by atoms with van der Waals surface area (Å²) in [6.07, 6.45) is 0.840. The highest BCUT2D eigenvalue weighted by atomic mass is 35.5. The summed E-state index contributed by atoms with van der Waals surface area (Å²) in [7, 11) is 0. The SMILES string of the molecule is Cl.O=C(Nc1ccc(C(=O)N2CCOCC2)c(Cl)c1)C1CCNC1. The number of hydrogen-bond acceptors (Lipinski definition) is 4. The summed E-state index contributed by atoms with van der Waals surface area (Å²) in [6, 6.07) is 5.03. The number of morpholine rings is 1. The third-order valence-corrected chi connectivity index (χ3v) is 4.51. The number of anilines is 1. The van der Waals surface area contributed by atoms with Crippen molar-refractivity contribution in [2.75, 3.05) is 44.7 Å². The predicted octanol–water partition coefficient (Wildman–Crippen LogP) is 1.78. The third-order valence-electron chi connectivity index (χ3n) is 4.20. The number of halogens is 2. The molecule has 24 heavy (non-hydrogen) atoms. The minimum absolute atomic E-state index is 0. The number of hydrogen-bond donors (Lipinski definition) is 2. The molecule has 0 aromatic heterocycles. The van der Waals surface area contributed by atoms with E-state index < -0.39 is 0 Å². The molecule has 3 rings (SSSR count). The highest BCUT2D eigenvalue weighted by Gasteiger charge is 2.24. The van der Waals surface area contributed by atoms with Crippen molar-refractivity contribution in [3.63, 3.8) is 0 Å². The van der Waals surface area contributed by atoms with Gasteiger partial charge in [-0.05, 0) is 31.2 Å². The Kier molecular flexibility index (Phi) is 6.86. The van der Waals surface area contributed by atoms with Gasteiger partial charge in [-0.3, -0.25) is 9.59 Å². The van der Waals surface area contributed by atoms with Crippen LogP contribution in [0, 0.1) is 5.92 Å². The first-order chi connectivity index (χ1) is 11.1. The summed E-state index contributed by atoms with van der Waals surface area (Å²) in [5.74, 6) is -0.127. The largest absolute Gasteiger partial charge is 0.378 e. The summed E-state index contributed by atoms with van der Waals surface area (Å²) < 4.78 is 5.25. The van der Waals surface area contributed by atoms with E-state index >= 15 is 0 Å². The van der Waals surface area contributed by atoms with E-state index in [1.165, 1.54) is 0 Å². The molecular formula is C16H21Cl2N3O3. The van der Waals surface area contributed by atoms with Gasteiger partial charge in [0.1, 0.15) is 0 Å². The summed E-state index contributed by atoms with van der Waals surface area (Å²) in [6.45, 7) is 3.81. The van der Waals surface area contributed by atoms with Gasteiger partial charge in [0, 0.05) is 25.3 Å². The van der Waals surface area contributed by atoms with Gasteiger partial charge >= 0.3 is 0 Å². The molecule has 0 bridgehead atoms. The van der Waals surface area contributed by atoms with Gasteiger partial charge < -0.3 is 20.3 Å². The van der Waals surface area contributed by atoms with E-state index in [0.29, 0.717) is 49.1 Å². The van der Waals surface area contributed by atoms with E-state index in [-0.39, 0.29) is 30.1 Å². The van der Waals surface area contributed by atoms with E-state index in [0.717, 1.165) is 13.0 Å². The van der Waals surface area contributed by atoms with Crippen LogP contribution in [0.4, 0.5) is 5.69 Å². The predicted molar refractivity (Wildman–Crippen MR) is 95.0 cm³/mol. The topological polar surface area (TPSA) is 70.7 Å². The van der Waals surface area contributed by atoms with Crippen molar-refractivity contribution in [1.29, 1.82) is 0 Å². The number of nitrogens with zero attached hydrogens (tertiary/aromatic N) is 1. The van der Waals surface area contributed by atoms with Crippen LogP contribution in [0.1, 0.15) is 16.8 Å². The van der Waals surface area contributed by atoms with E-state index in [2.05, 4.69) is 10.6 Å². The zero-order chi connectivity index (χ0) is 16.2. The average Bonchev–Trinajstić information content (AvgIpc) is 3.10. The Morgan fingerprint density at radius 2 is 2.04 bits per heavy atom. The molecule has 2 amide bonds. The fourth-order valence-corrected chi connectivity index (χ4v) is 3.09. The zero-order valence-corrected chi connectivity index (χ0v) is 14.8. The molecule has 0 radical (unpaired) electrons. The molecule has 2 aliphatic rings. The molecule has 1 atom stereocenters. The van der Waals surface area contributed by atoms with Crippen LogP contribution in [0.3, 0.4) is 0 Å². The molecule has 2 saturated heterocycles. The quantitative estimate of drug-likeness (QED) is 0.846. The van der Waals surface area contributed by atoms with E-state index in [1.54, 1.807) is 23.1 Å². The Balaban J connectivity index is 0.00000208. The number of benzene rings is 1. The summed E-state index contributed by atoms with van der Waals surface area (Å²) in [5.41, 5.74) is 1.07. The van der Waals surface area contributed by atoms with Crippen LogP contribution in [-0.4, -0.2) is 56.1 Å². The Hall–Kier alpha value is -1.34. The summed E-state index contributed by atoms with van der Waals surface area (Å²) in [5, 5.41) is 6.38. The maximum absolute atomic E-state index is 12.5. The molecule has 0 saturated carbocycles. The lowest BCUT2D eigenvalue weighted by Gasteiger charge is -2.27. The highest BCUT2D eigenvalue weighted by molar-refractivity contribution is 6.34. The Labute approximate surface area is 152 Å². The van der Waals surface area contributed by atoms with Gasteiger partial charge in [-0.25, -0.2) is 0 Å². The molecule has 1 aromatic carbocycles. The molecule has 132 valence electrons. The van der Waals surface area contributed by atoms with Crippen molar-refractivity contribution in [3.05, 3.63) is 28.8 Å². The Bertz CT molecular complexity index is 600. The second-order valence-electron chi connectivity index (χ2n) is 5.78. The van der Waals surface area contributed by atoms with Crippen molar-refractivity contribution < 1.29 is 14.3 Å². The standard InChI is InChI=1S/C16H20ClN3O3.ClH/c17-14-9-12(19-15(21)11-3-4-18-10-11)1-2-13(14)16(22)20-5-7-23-8-6-20;/h1-2,9,11,18H,3-8,10H2,(H,19,21);1H. The molecule has 2 fully saturated rings. The molecule has 1 unspecified atom stereocenters. The molecule has 1 aromatic rings. The molecule has 2 N–H and O–H groups in total. The van der Waals surface area contributed by atoms with Crippen LogP contribution in [0.15, 0.2) is 18.2 Å². The lowest BCUT2D eigenvalue weighted by Crippen LogP contribution is -2.40. The normalized spacial score (nSPS) is 20.4. The lowest BCUT2D eigenvalue weighted by molar-refractivity contribution is -0.119. The first-order valence-corrected chi connectivity index (χ1v) is 8.21. The zero-order valence-electron chi connectivity index (χ0n) is 13.2. The monoisotopic (exact) mass is 373 g/mol. The molecule has 0 aliphatic carbocycles. The number of rotatable bonds is 3. The second kappa shape index (κ2) is 8.67. The van der Waals surface area contributed by atoms with Crippen molar-refractivity contribution in [1.82, 2.24) is 10.2 Å². The minimum atomic E-state index is -0.101. The van der Waals surface area contributed by atoms with Gasteiger partial charge in [0.25, 0.3) is 5.91 Å². The third kappa shape index (κ3) is 4.39. The van der Waals surface area contributed by atoms with Crippen molar-refractivity contribution in [2.24, 2.45) is 5.92 Å². The lowest BCUT2D eigenvalue weighted by atomic mass is 10.1. The van der Waals surface area contributed by atoms with E-state index in [9.17, 15) is 9.59 Å². The first-order valence-electron chi connectivity index (χ1n) is 7.83. The van der Waals surface area contributed by atoms with Crippen LogP contribution in [0.25, 0.3) is 0 Å². The fourth-order valence-electron chi connectivity index (χ4n) is 2.83. The maximum Gasteiger partial charge on any atom is 0.255 e.